The van der Waals surface area contributed by atoms with Crippen LogP contribution in [0.4, 0.5) is 0 Å². The number of sulfonamides is 1. The first-order valence-electron chi connectivity index (χ1n) is 7.58. The number of nitrogens with one attached hydrogen (secondary N) is 2. The van der Waals surface area contributed by atoms with Crippen LogP contribution in [0.1, 0.15) is 43.3 Å². The molecule has 1 heterocycles. The predicted octanol–water partition coefficient (Wildman–Crippen LogP) is 2.33. The average molecular weight is 314 g/mol. The standard InChI is InChI=1S/C15H26N2O3S/c1-10-5-6-13(7-10)8-17-21(18,19)15-12(3)20-11(2)14(15)9-16-4/h10,13,16-17H,5-9H2,1-4H3. The monoisotopic (exact) mass is 314 g/mol. The van der Waals surface area contributed by atoms with Crippen LogP contribution >= 0.6 is 0 Å². The second-order valence-electron chi connectivity index (χ2n) is 6.19. The summed E-state index contributed by atoms with van der Waals surface area (Å²) in [4.78, 5) is 0.306. The van der Waals surface area contributed by atoms with E-state index in [-0.39, 0.29) is 0 Å². The Kier molecular flexibility index (Phi) is 5.11. The molecule has 0 aromatic carbocycles. The maximum atomic E-state index is 12.6. The van der Waals surface area contributed by atoms with E-state index in [1.54, 1.807) is 20.9 Å². The van der Waals surface area contributed by atoms with E-state index in [1.165, 1.54) is 6.42 Å². The molecule has 2 unspecified atom stereocenters. The maximum Gasteiger partial charge on any atom is 0.244 e. The molecule has 1 aromatic rings. The summed E-state index contributed by atoms with van der Waals surface area (Å²) in [6.07, 6.45) is 3.41. The summed E-state index contributed by atoms with van der Waals surface area (Å²) in [7, 11) is -1.71. The molecule has 1 saturated carbocycles. The second kappa shape index (κ2) is 6.50. The minimum atomic E-state index is -3.51. The van der Waals surface area contributed by atoms with Crippen molar-refractivity contribution in [3.8, 4) is 0 Å². The van der Waals surface area contributed by atoms with Crippen LogP contribution in [-0.4, -0.2) is 22.0 Å². The van der Waals surface area contributed by atoms with E-state index in [4.69, 9.17) is 4.42 Å². The Bertz CT molecular complexity index is 592. The van der Waals surface area contributed by atoms with Gasteiger partial charge in [-0.15, -0.1) is 0 Å². The molecule has 0 saturated heterocycles. The molecule has 0 bridgehead atoms. The number of hydrogen-bond donors (Lipinski definition) is 2. The Morgan fingerprint density at radius 3 is 2.52 bits per heavy atom. The summed E-state index contributed by atoms with van der Waals surface area (Å²) in [6, 6.07) is 0. The van der Waals surface area contributed by atoms with Crippen molar-refractivity contribution in [2.75, 3.05) is 13.6 Å². The zero-order valence-electron chi connectivity index (χ0n) is 13.3. The van der Waals surface area contributed by atoms with Crippen molar-refractivity contribution >= 4 is 10.0 Å². The fourth-order valence-electron chi connectivity index (χ4n) is 3.25. The van der Waals surface area contributed by atoms with Crippen LogP contribution in [-0.2, 0) is 16.6 Å². The van der Waals surface area contributed by atoms with E-state index < -0.39 is 10.0 Å². The lowest BCUT2D eigenvalue weighted by molar-refractivity contribution is 0.488. The highest BCUT2D eigenvalue weighted by Gasteiger charge is 2.28. The van der Waals surface area contributed by atoms with Crippen molar-refractivity contribution in [2.24, 2.45) is 11.8 Å². The van der Waals surface area contributed by atoms with Gasteiger partial charge in [-0.3, -0.25) is 0 Å². The quantitative estimate of drug-likeness (QED) is 0.845. The van der Waals surface area contributed by atoms with Gasteiger partial charge in [0, 0.05) is 18.7 Å². The van der Waals surface area contributed by atoms with E-state index >= 15 is 0 Å². The van der Waals surface area contributed by atoms with Crippen molar-refractivity contribution in [3.63, 3.8) is 0 Å². The van der Waals surface area contributed by atoms with Gasteiger partial charge < -0.3 is 9.73 Å². The number of rotatable bonds is 6. The molecule has 6 heteroatoms. The van der Waals surface area contributed by atoms with Gasteiger partial charge in [0.25, 0.3) is 0 Å². The van der Waals surface area contributed by atoms with Crippen LogP contribution in [0.5, 0.6) is 0 Å². The maximum absolute atomic E-state index is 12.6. The molecule has 2 N–H and O–H groups in total. The Balaban J connectivity index is 2.15. The SMILES string of the molecule is CNCc1c(C)oc(C)c1S(=O)(=O)NCC1CCC(C)C1. The van der Waals surface area contributed by atoms with Crippen molar-refractivity contribution in [2.45, 2.75) is 51.5 Å². The number of aryl methyl sites for hydroxylation is 2. The molecule has 0 aliphatic heterocycles. The molecule has 5 nitrogen and oxygen atoms in total. The lowest BCUT2D eigenvalue weighted by Crippen LogP contribution is -2.30. The summed E-state index contributed by atoms with van der Waals surface area (Å²) in [5.74, 6) is 2.29. The topological polar surface area (TPSA) is 71.3 Å². The molecular formula is C15H26N2O3S. The first-order chi connectivity index (χ1) is 9.85. The zero-order chi connectivity index (χ0) is 15.6. The van der Waals surface area contributed by atoms with Crippen LogP contribution in [0.15, 0.2) is 9.31 Å². The molecular weight excluding hydrogens is 288 g/mol. The van der Waals surface area contributed by atoms with Crippen molar-refractivity contribution < 1.29 is 12.8 Å². The minimum absolute atomic E-state index is 0.306. The van der Waals surface area contributed by atoms with Gasteiger partial charge >= 0.3 is 0 Å². The molecule has 0 spiro atoms. The second-order valence-corrected chi connectivity index (χ2v) is 7.89. The van der Waals surface area contributed by atoms with E-state index in [0.717, 1.165) is 18.4 Å². The van der Waals surface area contributed by atoms with Gasteiger partial charge in [0.2, 0.25) is 10.0 Å². The van der Waals surface area contributed by atoms with E-state index in [0.29, 0.717) is 41.3 Å². The molecule has 1 fully saturated rings. The molecule has 120 valence electrons. The Morgan fingerprint density at radius 2 is 1.95 bits per heavy atom. The third kappa shape index (κ3) is 3.67. The van der Waals surface area contributed by atoms with Crippen LogP contribution in [0.2, 0.25) is 0 Å². The van der Waals surface area contributed by atoms with Crippen molar-refractivity contribution in [3.05, 3.63) is 17.1 Å². The summed E-state index contributed by atoms with van der Waals surface area (Å²) in [5, 5.41) is 3.00. The Hall–Kier alpha value is -0.850. The lowest BCUT2D eigenvalue weighted by atomic mass is 10.1. The lowest BCUT2D eigenvalue weighted by Gasteiger charge is -2.12. The molecule has 1 aliphatic carbocycles. The summed E-state index contributed by atoms with van der Waals surface area (Å²) in [5.41, 5.74) is 0.724. The van der Waals surface area contributed by atoms with Crippen LogP contribution in [0, 0.1) is 25.7 Å². The highest BCUT2D eigenvalue weighted by Crippen LogP contribution is 2.31. The smallest absolute Gasteiger partial charge is 0.244 e. The van der Waals surface area contributed by atoms with E-state index in [9.17, 15) is 8.42 Å². The third-order valence-electron chi connectivity index (χ3n) is 4.31. The predicted molar refractivity (Wildman–Crippen MR) is 82.6 cm³/mol. The highest BCUT2D eigenvalue weighted by atomic mass is 32.2. The zero-order valence-corrected chi connectivity index (χ0v) is 14.1. The largest absolute Gasteiger partial charge is 0.465 e. The summed E-state index contributed by atoms with van der Waals surface area (Å²) < 4.78 is 33.5. The van der Waals surface area contributed by atoms with Crippen LogP contribution < -0.4 is 10.0 Å². The molecule has 1 aliphatic rings. The third-order valence-corrected chi connectivity index (χ3v) is 5.93. The van der Waals surface area contributed by atoms with Gasteiger partial charge in [0.1, 0.15) is 16.4 Å². The molecule has 2 rings (SSSR count). The fraction of sp³-hybridized carbons (Fsp3) is 0.733. The van der Waals surface area contributed by atoms with Gasteiger partial charge in [-0.05, 0) is 45.6 Å². The molecule has 0 amide bonds. The van der Waals surface area contributed by atoms with Gasteiger partial charge in [-0.25, -0.2) is 13.1 Å². The number of furan rings is 1. The molecule has 0 radical (unpaired) electrons. The van der Waals surface area contributed by atoms with E-state index in [2.05, 4.69) is 17.0 Å². The summed E-state index contributed by atoms with van der Waals surface area (Å²) in [6.45, 7) is 6.74. The van der Waals surface area contributed by atoms with Gasteiger partial charge in [-0.2, -0.15) is 0 Å². The van der Waals surface area contributed by atoms with Crippen molar-refractivity contribution in [1.29, 1.82) is 0 Å². The summed E-state index contributed by atoms with van der Waals surface area (Å²) >= 11 is 0. The average Bonchev–Trinajstić information content (AvgIpc) is 2.92. The first kappa shape index (κ1) is 16.5. The molecule has 2 atom stereocenters. The first-order valence-corrected chi connectivity index (χ1v) is 9.06. The van der Waals surface area contributed by atoms with Gasteiger partial charge in [-0.1, -0.05) is 13.3 Å². The Labute approximate surface area is 127 Å². The highest BCUT2D eigenvalue weighted by molar-refractivity contribution is 7.89. The molecule has 1 aromatic heterocycles. The van der Waals surface area contributed by atoms with E-state index in [1.807, 2.05) is 0 Å². The fourth-order valence-corrected chi connectivity index (χ4v) is 4.81. The van der Waals surface area contributed by atoms with Gasteiger partial charge in [0.15, 0.2) is 0 Å². The minimum Gasteiger partial charge on any atom is -0.465 e. The Morgan fingerprint density at radius 1 is 1.24 bits per heavy atom. The van der Waals surface area contributed by atoms with Crippen LogP contribution in [0.3, 0.4) is 0 Å². The normalized spacial score (nSPS) is 22.9. The molecule has 21 heavy (non-hydrogen) atoms. The number of hydrogen-bond acceptors (Lipinski definition) is 4. The van der Waals surface area contributed by atoms with Gasteiger partial charge in [0.05, 0.1) is 0 Å². The van der Waals surface area contributed by atoms with Crippen LogP contribution in [0.25, 0.3) is 0 Å². The van der Waals surface area contributed by atoms with Crippen molar-refractivity contribution in [1.82, 2.24) is 10.0 Å².